The Kier molecular flexibility index (Phi) is 8.98. The molecule has 0 fully saturated rings. The summed E-state index contributed by atoms with van der Waals surface area (Å²) in [4.78, 5) is 12.0. The van der Waals surface area contributed by atoms with Gasteiger partial charge in [0.05, 0.1) is 19.3 Å². The smallest absolute Gasteiger partial charge is 0.251 e. The predicted octanol–water partition coefficient (Wildman–Crippen LogP) is 3.17. The van der Waals surface area contributed by atoms with Gasteiger partial charge in [0.1, 0.15) is 5.75 Å². The molecule has 1 aromatic rings. The summed E-state index contributed by atoms with van der Waals surface area (Å²) in [5.41, 5.74) is 0.712. The summed E-state index contributed by atoms with van der Waals surface area (Å²) in [6.45, 7) is 4.16. The van der Waals surface area contributed by atoms with E-state index in [4.69, 9.17) is 15.3 Å². The van der Waals surface area contributed by atoms with Gasteiger partial charge in [-0.3, -0.25) is 4.79 Å². The monoisotopic (exact) mass is 320 g/mol. The molecule has 128 valence electrons. The summed E-state index contributed by atoms with van der Waals surface area (Å²) in [6, 6.07) is 6.28. The van der Waals surface area contributed by atoms with Crippen LogP contribution in [0.15, 0.2) is 24.3 Å². The Morgan fingerprint density at radius 1 is 1.22 bits per heavy atom. The van der Waals surface area contributed by atoms with E-state index < -0.39 is 6.04 Å². The topological polar surface area (TPSA) is 82.4 Å². The molecule has 0 saturated heterocycles. The number of unbranched alkanes of at least 4 members (excludes halogenated alkanes) is 4. The standard InChI is InChI=1S/C18H28N2O3/c1-3-4-5-6-7-12-23-16-10-8-15(9-11-16)18(22)20-17(13-21)14(2)19/h8-11,17,19,21H,3-7,12-13H2,1-2H3,(H,20,22). The molecular weight excluding hydrogens is 292 g/mol. The summed E-state index contributed by atoms with van der Waals surface area (Å²) < 4.78 is 5.66. The Labute approximate surface area is 138 Å². The highest BCUT2D eigenvalue weighted by Crippen LogP contribution is 2.13. The van der Waals surface area contributed by atoms with Crippen LogP contribution in [0.4, 0.5) is 0 Å². The highest BCUT2D eigenvalue weighted by molar-refractivity contribution is 5.98. The maximum atomic E-state index is 12.0. The van der Waals surface area contributed by atoms with Crippen molar-refractivity contribution in [3.05, 3.63) is 29.8 Å². The summed E-state index contributed by atoms with van der Waals surface area (Å²) in [5.74, 6) is 0.445. The molecule has 3 N–H and O–H groups in total. The number of ether oxygens (including phenoxy) is 1. The molecule has 0 saturated carbocycles. The van der Waals surface area contributed by atoms with Crippen LogP contribution in [0.2, 0.25) is 0 Å². The SMILES string of the molecule is CCCCCCCOc1ccc(C(=O)NC(CO)C(C)=N)cc1. The van der Waals surface area contributed by atoms with Crippen molar-refractivity contribution >= 4 is 11.6 Å². The molecule has 0 radical (unpaired) electrons. The van der Waals surface area contributed by atoms with Crippen molar-refractivity contribution in [3.8, 4) is 5.75 Å². The number of hydrogen-bond donors (Lipinski definition) is 3. The number of aliphatic hydroxyl groups excluding tert-OH is 1. The maximum Gasteiger partial charge on any atom is 0.251 e. The molecule has 1 atom stereocenters. The normalized spacial score (nSPS) is 11.8. The van der Waals surface area contributed by atoms with E-state index in [2.05, 4.69) is 12.2 Å². The van der Waals surface area contributed by atoms with E-state index in [0.29, 0.717) is 12.2 Å². The highest BCUT2D eigenvalue weighted by atomic mass is 16.5. The second kappa shape index (κ2) is 10.8. The van der Waals surface area contributed by atoms with Crippen LogP contribution in [0.3, 0.4) is 0 Å². The first-order valence-corrected chi connectivity index (χ1v) is 8.28. The largest absolute Gasteiger partial charge is 0.494 e. The Morgan fingerprint density at radius 2 is 1.87 bits per heavy atom. The minimum absolute atomic E-state index is 0.226. The van der Waals surface area contributed by atoms with Gasteiger partial charge in [-0.25, -0.2) is 0 Å². The number of rotatable bonds is 11. The van der Waals surface area contributed by atoms with Gasteiger partial charge in [0.25, 0.3) is 5.91 Å². The fourth-order valence-electron chi connectivity index (χ4n) is 2.13. The molecule has 0 aliphatic carbocycles. The van der Waals surface area contributed by atoms with Gasteiger partial charge in [0.2, 0.25) is 0 Å². The molecule has 0 bridgehead atoms. The van der Waals surface area contributed by atoms with Crippen molar-refractivity contribution in [1.82, 2.24) is 5.32 Å². The lowest BCUT2D eigenvalue weighted by Gasteiger charge is -2.15. The average Bonchev–Trinajstić information content (AvgIpc) is 2.55. The molecule has 5 heteroatoms. The molecule has 0 heterocycles. The van der Waals surface area contributed by atoms with Crippen molar-refractivity contribution in [1.29, 1.82) is 5.41 Å². The van der Waals surface area contributed by atoms with Crippen LogP contribution in [-0.4, -0.2) is 36.0 Å². The van der Waals surface area contributed by atoms with Crippen LogP contribution in [-0.2, 0) is 0 Å². The number of amides is 1. The zero-order valence-electron chi connectivity index (χ0n) is 14.1. The first-order valence-electron chi connectivity index (χ1n) is 8.28. The van der Waals surface area contributed by atoms with Crippen LogP contribution in [0.25, 0.3) is 0 Å². The second-order valence-corrected chi connectivity index (χ2v) is 5.68. The van der Waals surface area contributed by atoms with Crippen molar-refractivity contribution in [3.63, 3.8) is 0 Å². The third-order valence-electron chi connectivity index (χ3n) is 3.64. The van der Waals surface area contributed by atoms with Gasteiger partial charge in [-0.1, -0.05) is 32.6 Å². The van der Waals surface area contributed by atoms with Gasteiger partial charge in [-0.15, -0.1) is 0 Å². The van der Waals surface area contributed by atoms with Gasteiger partial charge >= 0.3 is 0 Å². The first-order chi connectivity index (χ1) is 11.1. The number of aliphatic hydroxyl groups is 1. The molecule has 0 aliphatic heterocycles. The molecule has 1 rings (SSSR count). The predicted molar refractivity (Wildman–Crippen MR) is 92.4 cm³/mol. The summed E-state index contributed by atoms with van der Waals surface area (Å²) in [5, 5.41) is 19.2. The third-order valence-corrected chi connectivity index (χ3v) is 3.64. The second-order valence-electron chi connectivity index (χ2n) is 5.68. The van der Waals surface area contributed by atoms with Crippen LogP contribution in [0, 0.1) is 5.41 Å². The van der Waals surface area contributed by atoms with Gasteiger partial charge in [-0.2, -0.15) is 0 Å². The molecule has 1 aromatic carbocycles. The number of nitrogens with one attached hydrogen (secondary N) is 2. The van der Waals surface area contributed by atoms with Crippen molar-refractivity contribution < 1.29 is 14.6 Å². The molecular formula is C18H28N2O3. The third kappa shape index (κ3) is 7.28. The molecule has 0 aromatic heterocycles. The molecule has 23 heavy (non-hydrogen) atoms. The first kappa shape index (κ1) is 19.2. The van der Waals surface area contributed by atoms with E-state index in [1.54, 1.807) is 31.2 Å². The van der Waals surface area contributed by atoms with E-state index in [1.807, 2.05) is 0 Å². The van der Waals surface area contributed by atoms with Gasteiger partial charge < -0.3 is 20.6 Å². The average molecular weight is 320 g/mol. The van der Waals surface area contributed by atoms with Crippen molar-refractivity contribution in [2.24, 2.45) is 0 Å². The molecule has 1 amide bonds. The molecule has 1 unspecified atom stereocenters. The fraction of sp³-hybridized carbons (Fsp3) is 0.556. The molecule has 0 spiro atoms. The lowest BCUT2D eigenvalue weighted by Crippen LogP contribution is -2.42. The van der Waals surface area contributed by atoms with Crippen molar-refractivity contribution in [2.75, 3.05) is 13.2 Å². The van der Waals surface area contributed by atoms with Crippen molar-refractivity contribution in [2.45, 2.75) is 52.0 Å². The molecule has 0 aliphatic rings. The maximum absolute atomic E-state index is 12.0. The van der Waals surface area contributed by atoms with E-state index in [0.717, 1.165) is 12.2 Å². The van der Waals surface area contributed by atoms with Crippen LogP contribution < -0.4 is 10.1 Å². The number of benzene rings is 1. The van der Waals surface area contributed by atoms with Gasteiger partial charge in [0, 0.05) is 11.3 Å². The quantitative estimate of drug-likeness (QED) is 0.432. The minimum Gasteiger partial charge on any atom is -0.494 e. The minimum atomic E-state index is -0.637. The number of carbonyl (C=O) groups excluding carboxylic acids is 1. The van der Waals surface area contributed by atoms with E-state index in [9.17, 15) is 4.79 Å². The number of hydrogen-bond acceptors (Lipinski definition) is 4. The lowest BCUT2D eigenvalue weighted by molar-refractivity contribution is 0.0933. The Morgan fingerprint density at radius 3 is 2.43 bits per heavy atom. The summed E-state index contributed by atoms with van der Waals surface area (Å²) in [7, 11) is 0. The fourth-order valence-corrected chi connectivity index (χ4v) is 2.13. The van der Waals surface area contributed by atoms with E-state index in [1.165, 1.54) is 25.7 Å². The van der Waals surface area contributed by atoms with E-state index in [-0.39, 0.29) is 18.2 Å². The Bertz CT molecular complexity index is 486. The van der Waals surface area contributed by atoms with Crippen LogP contribution >= 0.6 is 0 Å². The zero-order chi connectivity index (χ0) is 17.1. The summed E-state index contributed by atoms with van der Waals surface area (Å²) >= 11 is 0. The van der Waals surface area contributed by atoms with Crippen LogP contribution in [0.5, 0.6) is 5.75 Å². The Hall–Kier alpha value is -1.88. The molecule has 5 nitrogen and oxygen atoms in total. The lowest BCUT2D eigenvalue weighted by atomic mass is 10.1. The van der Waals surface area contributed by atoms with Gasteiger partial charge in [0.15, 0.2) is 0 Å². The Balaban J connectivity index is 2.40. The van der Waals surface area contributed by atoms with Gasteiger partial charge in [-0.05, 0) is 37.6 Å². The number of carbonyl (C=O) groups is 1. The summed E-state index contributed by atoms with van der Waals surface area (Å²) in [6.07, 6.45) is 5.98. The van der Waals surface area contributed by atoms with Crippen LogP contribution in [0.1, 0.15) is 56.3 Å². The van der Waals surface area contributed by atoms with E-state index >= 15 is 0 Å². The highest BCUT2D eigenvalue weighted by Gasteiger charge is 2.14. The zero-order valence-corrected chi connectivity index (χ0v) is 14.1.